The topological polar surface area (TPSA) is 35.5 Å². The van der Waals surface area contributed by atoms with E-state index in [9.17, 15) is 4.79 Å². The smallest absolute Gasteiger partial charge is 0.338 e. The molecule has 3 heteroatoms. The van der Waals surface area contributed by atoms with Gasteiger partial charge in [0.25, 0.3) is 0 Å². The highest BCUT2D eigenvalue weighted by Crippen LogP contribution is 2.22. The molecule has 0 aliphatic heterocycles. The van der Waals surface area contributed by atoms with Crippen LogP contribution in [0.4, 0.5) is 0 Å². The molecule has 0 spiro atoms. The van der Waals surface area contributed by atoms with Gasteiger partial charge < -0.3 is 9.47 Å². The molecule has 20 heavy (non-hydrogen) atoms. The number of hydrogen-bond donors (Lipinski definition) is 0. The molecule has 0 N–H and O–H groups in total. The third-order valence-electron chi connectivity index (χ3n) is 2.47. The van der Waals surface area contributed by atoms with Gasteiger partial charge in [-0.05, 0) is 57.2 Å². The predicted octanol–water partition coefficient (Wildman–Crippen LogP) is 4.43. The van der Waals surface area contributed by atoms with Crippen LogP contribution in [0.25, 0.3) is 0 Å². The predicted molar refractivity (Wildman–Crippen MR) is 78.1 cm³/mol. The molecule has 3 nitrogen and oxygen atoms in total. The van der Waals surface area contributed by atoms with Crippen molar-refractivity contribution < 1.29 is 14.3 Å². The molecule has 0 heterocycles. The van der Waals surface area contributed by atoms with Gasteiger partial charge in [-0.1, -0.05) is 18.2 Å². The van der Waals surface area contributed by atoms with E-state index in [-0.39, 0.29) is 5.97 Å². The highest BCUT2D eigenvalue weighted by Gasteiger charge is 2.17. The van der Waals surface area contributed by atoms with Crippen LogP contribution >= 0.6 is 0 Å². The highest BCUT2D eigenvalue weighted by atomic mass is 16.6. The fraction of sp³-hybridized carbons (Fsp3) is 0.235. The maximum Gasteiger partial charge on any atom is 0.338 e. The minimum Gasteiger partial charge on any atom is -0.457 e. The van der Waals surface area contributed by atoms with Gasteiger partial charge >= 0.3 is 5.97 Å². The van der Waals surface area contributed by atoms with Crippen LogP contribution in [0.5, 0.6) is 11.5 Å². The maximum absolute atomic E-state index is 11.9. The Morgan fingerprint density at radius 2 is 1.40 bits per heavy atom. The van der Waals surface area contributed by atoms with Crippen LogP contribution in [0.3, 0.4) is 0 Å². The van der Waals surface area contributed by atoms with Crippen molar-refractivity contribution in [2.24, 2.45) is 0 Å². The third-order valence-corrected chi connectivity index (χ3v) is 2.47. The number of benzene rings is 2. The fourth-order valence-electron chi connectivity index (χ4n) is 1.62. The van der Waals surface area contributed by atoms with Crippen LogP contribution < -0.4 is 4.74 Å². The molecule has 0 aliphatic carbocycles. The van der Waals surface area contributed by atoms with Gasteiger partial charge in [0, 0.05) is 0 Å². The van der Waals surface area contributed by atoms with Gasteiger partial charge in [0.2, 0.25) is 0 Å². The summed E-state index contributed by atoms with van der Waals surface area (Å²) < 4.78 is 11.0. The standard InChI is InChI=1S/C17H18O3/c1-17(2,3)20-16(18)13-9-11-15(12-10-13)19-14-7-5-4-6-8-14/h4-12H,1-3H3. The van der Waals surface area contributed by atoms with Gasteiger partial charge in [0.05, 0.1) is 5.56 Å². The summed E-state index contributed by atoms with van der Waals surface area (Å²) in [5.41, 5.74) is 0.0244. The number of esters is 1. The van der Waals surface area contributed by atoms with Crippen molar-refractivity contribution in [1.82, 2.24) is 0 Å². The van der Waals surface area contributed by atoms with E-state index in [1.807, 2.05) is 51.1 Å². The lowest BCUT2D eigenvalue weighted by Gasteiger charge is -2.19. The average Bonchev–Trinajstić information content (AvgIpc) is 2.39. The van der Waals surface area contributed by atoms with Crippen molar-refractivity contribution in [3.63, 3.8) is 0 Å². The lowest BCUT2D eigenvalue weighted by atomic mass is 10.1. The Balaban J connectivity index is 2.05. The lowest BCUT2D eigenvalue weighted by Crippen LogP contribution is -2.23. The second-order valence-electron chi connectivity index (χ2n) is 5.44. The summed E-state index contributed by atoms with van der Waals surface area (Å²) >= 11 is 0. The van der Waals surface area contributed by atoms with Gasteiger partial charge in [0.1, 0.15) is 17.1 Å². The van der Waals surface area contributed by atoms with E-state index in [0.717, 1.165) is 5.75 Å². The van der Waals surface area contributed by atoms with Gasteiger partial charge in [-0.2, -0.15) is 0 Å². The lowest BCUT2D eigenvalue weighted by molar-refractivity contribution is 0.00695. The molecule has 0 saturated heterocycles. The first-order chi connectivity index (χ1) is 9.44. The van der Waals surface area contributed by atoms with Crippen LogP contribution in [0.2, 0.25) is 0 Å². The van der Waals surface area contributed by atoms with Crippen molar-refractivity contribution in [2.45, 2.75) is 26.4 Å². The summed E-state index contributed by atoms with van der Waals surface area (Å²) in [5, 5.41) is 0. The monoisotopic (exact) mass is 270 g/mol. The van der Waals surface area contributed by atoms with E-state index < -0.39 is 5.60 Å². The molecular weight excluding hydrogens is 252 g/mol. The summed E-state index contributed by atoms with van der Waals surface area (Å²) in [5.74, 6) is 1.12. The first kappa shape index (κ1) is 14.1. The number of hydrogen-bond acceptors (Lipinski definition) is 3. The summed E-state index contributed by atoms with van der Waals surface area (Å²) in [6, 6.07) is 16.4. The first-order valence-electron chi connectivity index (χ1n) is 6.50. The number of ether oxygens (including phenoxy) is 2. The fourth-order valence-corrected chi connectivity index (χ4v) is 1.62. The number of para-hydroxylation sites is 1. The van der Waals surface area contributed by atoms with Crippen LogP contribution in [0, 0.1) is 0 Å². The quantitative estimate of drug-likeness (QED) is 0.774. The summed E-state index contributed by atoms with van der Waals surface area (Å²) in [6.07, 6.45) is 0. The molecule has 2 rings (SSSR count). The van der Waals surface area contributed by atoms with Crippen molar-refractivity contribution in [3.05, 3.63) is 60.2 Å². The second kappa shape index (κ2) is 5.78. The molecule has 0 unspecified atom stereocenters. The van der Waals surface area contributed by atoms with Gasteiger partial charge in [-0.25, -0.2) is 4.79 Å². The number of rotatable bonds is 3. The van der Waals surface area contributed by atoms with Crippen LogP contribution in [0.15, 0.2) is 54.6 Å². The normalized spacial score (nSPS) is 10.9. The van der Waals surface area contributed by atoms with E-state index in [0.29, 0.717) is 11.3 Å². The second-order valence-corrected chi connectivity index (χ2v) is 5.44. The van der Waals surface area contributed by atoms with E-state index in [2.05, 4.69) is 0 Å². The minimum absolute atomic E-state index is 0.330. The molecule has 0 saturated carbocycles. The Kier molecular flexibility index (Phi) is 4.08. The zero-order chi connectivity index (χ0) is 14.6. The SMILES string of the molecule is CC(C)(C)OC(=O)c1ccc(Oc2ccccc2)cc1. The molecule has 0 amide bonds. The van der Waals surface area contributed by atoms with Gasteiger partial charge in [-0.3, -0.25) is 0 Å². The van der Waals surface area contributed by atoms with Crippen molar-refractivity contribution in [3.8, 4) is 11.5 Å². The molecule has 0 fully saturated rings. The van der Waals surface area contributed by atoms with Crippen molar-refractivity contribution >= 4 is 5.97 Å². The minimum atomic E-state index is -0.490. The molecule has 2 aromatic rings. The van der Waals surface area contributed by atoms with E-state index in [4.69, 9.17) is 9.47 Å². The Bertz CT molecular complexity index is 565. The van der Waals surface area contributed by atoms with Crippen LogP contribution in [-0.4, -0.2) is 11.6 Å². The summed E-state index contributed by atoms with van der Waals surface area (Å²) in [7, 11) is 0. The maximum atomic E-state index is 11.9. The molecule has 0 radical (unpaired) electrons. The Labute approximate surface area is 119 Å². The van der Waals surface area contributed by atoms with Crippen molar-refractivity contribution in [1.29, 1.82) is 0 Å². The summed E-state index contributed by atoms with van der Waals surface area (Å²) in [4.78, 5) is 11.9. The summed E-state index contributed by atoms with van der Waals surface area (Å²) in [6.45, 7) is 5.54. The highest BCUT2D eigenvalue weighted by molar-refractivity contribution is 5.89. The average molecular weight is 270 g/mol. The Hall–Kier alpha value is -2.29. The number of carbonyl (C=O) groups excluding carboxylic acids is 1. The first-order valence-corrected chi connectivity index (χ1v) is 6.50. The van der Waals surface area contributed by atoms with Gasteiger partial charge in [-0.15, -0.1) is 0 Å². The molecule has 0 atom stereocenters. The zero-order valence-corrected chi connectivity index (χ0v) is 11.9. The Morgan fingerprint density at radius 3 is 1.95 bits per heavy atom. The van der Waals surface area contributed by atoms with Crippen LogP contribution in [-0.2, 0) is 4.74 Å². The molecule has 104 valence electrons. The van der Waals surface area contributed by atoms with Crippen molar-refractivity contribution in [2.75, 3.05) is 0 Å². The molecule has 0 aromatic heterocycles. The zero-order valence-electron chi connectivity index (χ0n) is 11.9. The van der Waals surface area contributed by atoms with Gasteiger partial charge in [0.15, 0.2) is 0 Å². The third kappa shape index (κ3) is 4.12. The van der Waals surface area contributed by atoms with E-state index >= 15 is 0 Å². The van der Waals surface area contributed by atoms with E-state index in [1.165, 1.54) is 0 Å². The Morgan fingerprint density at radius 1 is 0.850 bits per heavy atom. The molecule has 2 aromatic carbocycles. The largest absolute Gasteiger partial charge is 0.457 e. The number of carbonyl (C=O) groups is 1. The molecular formula is C17H18O3. The molecule has 0 aliphatic rings. The van der Waals surface area contributed by atoms with E-state index in [1.54, 1.807) is 24.3 Å². The van der Waals surface area contributed by atoms with Crippen LogP contribution in [0.1, 0.15) is 31.1 Å². The molecule has 0 bridgehead atoms.